The Kier molecular flexibility index (Phi) is 10.4. The molecule has 0 aliphatic carbocycles. The Hall–Kier alpha value is -1.67. The molecule has 176 valence electrons. The Balaban J connectivity index is 0.000000310. The van der Waals surface area contributed by atoms with E-state index in [1.54, 1.807) is 6.20 Å². The van der Waals surface area contributed by atoms with Gasteiger partial charge in [-0.2, -0.15) is 0 Å². The minimum atomic E-state index is -0.291. The largest absolute Gasteiger partial charge is 0.353 e. The number of hydrogen-bond donors (Lipinski definition) is 0. The van der Waals surface area contributed by atoms with Crippen LogP contribution in [0.5, 0.6) is 0 Å². The summed E-state index contributed by atoms with van der Waals surface area (Å²) < 4.78 is 15.0. The van der Waals surface area contributed by atoms with Gasteiger partial charge in [0.15, 0.2) is 0 Å². The van der Waals surface area contributed by atoms with Gasteiger partial charge in [0, 0.05) is 25.1 Å². The SMILES string of the molecule is CN(C)C(OCC(C)(C)C)OCC(C)(C)C.Cn1cccc1Cn1cc(Cl)cnc1=O. The zero-order valence-electron chi connectivity index (χ0n) is 20.5. The van der Waals surface area contributed by atoms with Crippen LogP contribution in [0.25, 0.3) is 0 Å². The highest BCUT2D eigenvalue weighted by atomic mass is 35.5. The second-order valence-electron chi connectivity index (χ2n) is 10.3. The summed E-state index contributed by atoms with van der Waals surface area (Å²) in [7, 11) is 5.87. The number of hydrogen-bond acceptors (Lipinski definition) is 5. The van der Waals surface area contributed by atoms with Crippen LogP contribution in [0.15, 0.2) is 35.5 Å². The van der Waals surface area contributed by atoms with Crippen LogP contribution in [-0.4, -0.2) is 52.7 Å². The number of aromatic nitrogens is 3. The van der Waals surface area contributed by atoms with Crippen molar-refractivity contribution in [3.63, 3.8) is 0 Å². The minimum absolute atomic E-state index is 0.166. The lowest BCUT2D eigenvalue weighted by Crippen LogP contribution is -2.37. The van der Waals surface area contributed by atoms with E-state index in [2.05, 4.69) is 46.5 Å². The minimum Gasteiger partial charge on any atom is -0.353 e. The Morgan fingerprint density at radius 2 is 1.65 bits per heavy atom. The van der Waals surface area contributed by atoms with Crippen LogP contribution in [0.3, 0.4) is 0 Å². The quantitative estimate of drug-likeness (QED) is 0.585. The van der Waals surface area contributed by atoms with Crippen molar-refractivity contribution in [2.75, 3.05) is 27.3 Å². The molecule has 0 unspecified atom stereocenters. The summed E-state index contributed by atoms with van der Waals surface area (Å²) in [4.78, 5) is 17.0. The van der Waals surface area contributed by atoms with Crippen molar-refractivity contribution in [1.29, 1.82) is 0 Å². The summed E-state index contributed by atoms with van der Waals surface area (Å²) in [5.74, 6) is 0. The molecule has 0 saturated carbocycles. The zero-order valence-corrected chi connectivity index (χ0v) is 21.2. The first-order valence-electron chi connectivity index (χ1n) is 10.4. The molecule has 0 bridgehead atoms. The van der Waals surface area contributed by atoms with Gasteiger partial charge >= 0.3 is 5.69 Å². The van der Waals surface area contributed by atoms with Gasteiger partial charge < -0.3 is 14.0 Å². The fraction of sp³-hybridized carbons (Fsp3) is 0.652. The van der Waals surface area contributed by atoms with Crippen LogP contribution in [0, 0.1) is 10.8 Å². The van der Waals surface area contributed by atoms with Crippen LogP contribution < -0.4 is 5.69 Å². The summed E-state index contributed by atoms with van der Waals surface area (Å²) in [6.45, 7) is 14.8. The van der Waals surface area contributed by atoms with Crippen LogP contribution in [0.2, 0.25) is 5.02 Å². The van der Waals surface area contributed by atoms with Gasteiger partial charge in [-0.25, -0.2) is 9.78 Å². The highest BCUT2D eigenvalue weighted by Crippen LogP contribution is 2.18. The molecular formula is C23H39ClN4O3. The third-order valence-corrected chi connectivity index (χ3v) is 4.14. The van der Waals surface area contributed by atoms with Crippen molar-refractivity contribution in [2.24, 2.45) is 17.9 Å². The standard InChI is InChI=1S/C13H29NO2.C10H10ClN3O/c1-12(2,3)9-15-11(14(7)8)16-10-13(4,5)6;1-13-4-2-3-9(13)7-14-6-8(11)5-12-10(14)15/h11H,9-10H2,1-8H3;2-6H,7H2,1H3. The molecule has 0 aliphatic rings. The van der Waals surface area contributed by atoms with Crippen molar-refractivity contribution in [2.45, 2.75) is 54.5 Å². The normalized spacial score (nSPS) is 12.3. The van der Waals surface area contributed by atoms with Gasteiger partial charge in [-0.3, -0.25) is 9.47 Å². The smallest absolute Gasteiger partial charge is 0.347 e. The molecule has 7 nitrogen and oxygen atoms in total. The van der Waals surface area contributed by atoms with Crippen molar-refractivity contribution < 1.29 is 9.47 Å². The maximum absolute atomic E-state index is 11.4. The molecule has 2 aromatic heterocycles. The van der Waals surface area contributed by atoms with E-state index in [0.29, 0.717) is 24.8 Å². The Morgan fingerprint density at radius 1 is 1.10 bits per heavy atom. The van der Waals surface area contributed by atoms with Crippen molar-refractivity contribution in [3.05, 3.63) is 51.9 Å². The molecule has 31 heavy (non-hydrogen) atoms. The molecule has 0 N–H and O–H groups in total. The third-order valence-electron chi connectivity index (χ3n) is 3.95. The van der Waals surface area contributed by atoms with Gasteiger partial charge in [0.2, 0.25) is 6.41 Å². The molecule has 8 heteroatoms. The molecule has 2 aromatic rings. The van der Waals surface area contributed by atoms with Crippen LogP contribution in [0.4, 0.5) is 0 Å². The van der Waals surface area contributed by atoms with E-state index >= 15 is 0 Å². The van der Waals surface area contributed by atoms with Gasteiger partial charge in [0.1, 0.15) is 0 Å². The van der Waals surface area contributed by atoms with Gasteiger partial charge in [-0.1, -0.05) is 53.1 Å². The van der Waals surface area contributed by atoms with Crippen LogP contribution in [-0.2, 0) is 23.1 Å². The van der Waals surface area contributed by atoms with E-state index in [1.165, 1.54) is 10.8 Å². The maximum Gasteiger partial charge on any atom is 0.347 e. The average molecular weight is 455 g/mol. The lowest BCUT2D eigenvalue weighted by molar-refractivity contribution is -0.230. The van der Waals surface area contributed by atoms with Crippen molar-refractivity contribution in [3.8, 4) is 0 Å². The molecule has 0 fully saturated rings. The van der Waals surface area contributed by atoms with E-state index in [1.807, 2.05) is 48.9 Å². The third kappa shape index (κ3) is 11.5. The van der Waals surface area contributed by atoms with Crippen LogP contribution >= 0.6 is 11.6 Å². The topological polar surface area (TPSA) is 61.5 Å². The summed E-state index contributed by atoms with van der Waals surface area (Å²) >= 11 is 5.77. The molecule has 0 spiro atoms. The molecule has 0 amide bonds. The molecule has 0 aliphatic heterocycles. The summed E-state index contributed by atoms with van der Waals surface area (Å²) in [5, 5.41) is 0.462. The molecular weight excluding hydrogens is 416 g/mol. The molecule has 0 saturated heterocycles. The van der Waals surface area contributed by atoms with Gasteiger partial charge in [0.05, 0.1) is 31.0 Å². The predicted molar refractivity (Wildman–Crippen MR) is 126 cm³/mol. The first-order valence-corrected chi connectivity index (χ1v) is 10.8. The summed E-state index contributed by atoms with van der Waals surface area (Å²) in [6, 6.07) is 3.88. The van der Waals surface area contributed by atoms with Crippen molar-refractivity contribution in [1.82, 2.24) is 19.0 Å². The summed E-state index contributed by atoms with van der Waals surface area (Å²) in [5.41, 5.74) is 1.07. The number of nitrogens with zero attached hydrogens (tertiary/aromatic N) is 4. The van der Waals surface area contributed by atoms with E-state index in [-0.39, 0.29) is 22.9 Å². The number of aryl methyl sites for hydroxylation is 1. The second-order valence-corrected chi connectivity index (χ2v) is 10.7. The van der Waals surface area contributed by atoms with Crippen molar-refractivity contribution >= 4 is 11.6 Å². The molecule has 0 radical (unpaired) electrons. The maximum atomic E-state index is 11.4. The molecule has 0 aromatic carbocycles. The van der Waals surface area contributed by atoms with E-state index in [4.69, 9.17) is 21.1 Å². The van der Waals surface area contributed by atoms with Gasteiger partial charge in [-0.15, -0.1) is 0 Å². The fourth-order valence-corrected chi connectivity index (χ4v) is 2.53. The van der Waals surface area contributed by atoms with E-state index < -0.39 is 0 Å². The van der Waals surface area contributed by atoms with Gasteiger partial charge in [-0.05, 0) is 37.1 Å². The van der Waals surface area contributed by atoms with E-state index in [0.717, 1.165) is 5.69 Å². The Bertz CT molecular complexity index is 829. The number of rotatable bonds is 7. The average Bonchev–Trinajstić information content (AvgIpc) is 3.01. The zero-order chi connectivity index (χ0) is 23.8. The monoisotopic (exact) mass is 454 g/mol. The highest BCUT2D eigenvalue weighted by molar-refractivity contribution is 6.30. The Labute approximate surface area is 191 Å². The molecule has 0 atom stereocenters. The number of halogens is 1. The van der Waals surface area contributed by atoms with Crippen LogP contribution in [0.1, 0.15) is 47.2 Å². The molecule has 2 heterocycles. The fourth-order valence-electron chi connectivity index (χ4n) is 2.37. The molecule has 2 rings (SSSR count). The number of ether oxygens (including phenoxy) is 2. The van der Waals surface area contributed by atoms with E-state index in [9.17, 15) is 4.79 Å². The lowest BCUT2D eigenvalue weighted by Gasteiger charge is -2.30. The Morgan fingerprint density at radius 3 is 2.06 bits per heavy atom. The highest BCUT2D eigenvalue weighted by Gasteiger charge is 2.20. The first-order chi connectivity index (χ1) is 14.2. The predicted octanol–water partition coefficient (Wildman–Crippen LogP) is 4.24. The van der Waals surface area contributed by atoms with Gasteiger partial charge in [0.25, 0.3) is 0 Å². The second kappa shape index (κ2) is 11.8. The lowest BCUT2D eigenvalue weighted by atomic mass is 9.98. The summed E-state index contributed by atoms with van der Waals surface area (Å²) in [6.07, 6.45) is 4.62. The first kappa shape index (κ1) is 27.4.